The molecule has 5 nitrogen and oxygen atoms in total. The maximum absolute atomic E-state index is 12.2. The van der Waals surface area contributed by atoms with Crippen molar-refractivity contribution in [2.75, 3.05) is 19.6 Å². The van der Waals surface area contributed by atoms with E-state index in [4.69, 9.17) is 0 Å². The van der Waals surface area contributed by atoms with Gasteiger partial charge in [-0.1, -0.05) is 0 Å². The molecule has 0 spiro atoms. The van der Waals surface area contributed by atoms with Crippen LogP contribution in [-0.2, 0) is 9.59 Å². The Balaban J connectivity index is 1.55. The van der Waals surface area contributed by atoms with Crippen LogP contribution in [-0.4, -0.2) is 48.4 Å². The summed E-state index contributed by atoms with van der Waals surface area (Å²) in [7, 11) is 0. The molecule has 1 atom stereocenters. The highest BCUT2D eigenvalue weighted by molar-refractivity contribution is 5.88. The number of nitrogens with one attached hydrogen (secondary N) is 2. The van der Waals surface area contributed by atoms with Crippen molar-refractivity contribution in [1.82, 2.24) is 15.5 Å². The number of carbonyl (C=O) groups excluding carboxylic acids is 2. The van der Waals surface area contributed by atoms with Gasteiger partial charge in [-0.2, -0.15) is 0 Å². The first-order valence-electron chi connectivity index (χ1n) is 7.04. The Morgan fingerprint density at radius 3 is 2.61 bits per heavy atom. The summed E-state index contributed by atoms with van der Waals surface area (Å²) in [5.41, 5.74) is 0. The molecular weight excluding hydrogens is 230 g/mol. The molecule has 3 rings (SSSR count). The molecular formula is C13H21N3O2. The zero-order valence-corrected chi connectivity index (χ0v) is 10.7. The van der Waals surface area contributed by atoms with Gasteiger partial charge in [0.25, 0.3) is 0 Å². The SMILES string of the molecule is O=C(NC1CC1)C1CCCN1C(=O)CC1CNC1. The lowest BCUT2D eigenvalue weighted by molar-refractivity contribution is -0.139. The predicted molar refractivity (Wildman–Crippen MR) is 66.9 cm³/mol. The lowest BCUT2D eigenvalue weighted by Gasteiger charge is -2.30. The van der Waals surface area contributed by atoms with Crippen LogP contribution in [0.1, 0.15) is 32.1 Å². The van der Waals surface area contributed by atoms with Crippen LogP contribution in [0.4, 0.5) is 0 Å². The molecule has 3 aliphatic rings. The number of likely N-dealkylation sites (tertiary alicyclic amines) is 1. The first kappa shape index (κ1) is 12.0. The van der Waals surface area contributed by atoms with Gasteiger partial charge in [-0.25, -0.2) is 0 Å². The molecule has 0 aromatic carbocycles. The molecule has 2 N–H and O–H groups in total. The summed E-state index contributed by atoms with van der Waals surface area (Å²) in [6, 6.07) is 0.178. The molecule has 100 valence electrons. The van der Waals surface area contributed by atoms with E-state index < -0.39 is 0 Å². The molecule has 0 aromatic rings. The minimum absolute atomic E-state index is 0.0649. The quantitative estimate of drug-likeness (QED) is 0.731. The van der Waals surface area contributed by atoms with Crippen LogP contribution in [0.3, 0.4) is 0 Å². The Kier molecular flexibility index (Phi) is 3.24. The average Bonchev–Trinajstić information content (AvgIpc) is 2.96. The summed E-state index contributed by atoms with van der Waals surface area (Å²) in [5, 5.41) is 6.19. The average molecular weight is 251 g/mol. The molecule has 1 saturated carbocycles. The minimum atomic E-state index is -0.203. The number of amides is 2. The monoisotopic (exact) mass is 251 g/mol. The second kappa shape index (κ2) is 4.88. The third kappa shape index (κ3) is 2.51. The van der Waals surface area contributed by atoms with E-state index in [9.17, 15) is 9.59 Å². The van der Waals surface area contributed by atoms with Crippen molar-refractivity contribution >= 4 is 11.8 Å². The highest BCUT2D eigenvalue weighted by Crippen LogP contribution is 2.23. The first-order chi connectivity index (χ1) is 8.74. The summed E-state index contributed by atoms with van der Waals surface area (Å²) in [5.74, 6) is 0.704. The fourth-order valence-electron chi connectivity index (χ4n) is 2.72. The number of rotatable bonds is 4. The zero-order valence-electron chi connectivity index (χ0n) is 10.7. The van der Waals surface area contributed by atoms with E-state index in [1.165, 1.54) is 0 Å². The molecule has 2 aliphatic heterocycles. The Hall–Kier alpha value is -1.10. The fraction of sp³-hybridized carbons (Fsp3) is 0.846. The van der Waals surface area contributed by atoms with Crippen LogP contribution in [0, 0.1) is 5.92 Å². The lowest BCUT2D eigenvalue weighted by atomic mass is 9.98. The molecule has 2 heterocycles. The minimum Gasteiger partial charge on any atom is -0.352 e. The Morgan fingerprint density at radius 1 is 1.22 bits per heavy atom. The number of carbonyl (C=O) groups is 2. The van der Waals surface area contributed by atoms with E-state index in [1.54, 1.807) is 4.90 Å². The van der Waals surface area contributed by atoms with Crippen LogP contribution < -0.4 is 10.6 Å². The molecule has 0 bridgehead atoms. The number of hydrogen-bond acceptors (Lipinski definition) is 3. The van der Waals surface area contributed by atoms with Crippen molar-refractivity contribution in [3.63, 3.8) is 0 Å². The number of nitrogens with zero attached hydrogens (tertiary/aromatic N) is 1. The van der Waals surface area contributed by atoms with E-state index in [0.717, 1.165) is 45.3 Å². The van der Waals surface area contributed by atoms with E-state index in [1.807, 2.05) is 0 Å². The van der Waals surface area contributed by atoms with E-state index >= 15 is 0 Å². The van der Waals surface area contributed by atoms with E-state index in [0.29, 0.717) is 18.4 Å². The molecule has 5 heteroatoms. The van der Waals surface area contributed by atoms with Crippen molar-refractivity contribution < 1.29 is 9.59 Å². The standard InChI is InChI=1S/C13H21N3O2/c17-12(6-9-7-14-8-9)16-5-1-2-11(16)13(18)15-10-3-4-10/h9-11,14H,1-8H2,(H,15,18). The third-order valence-electron chi connectivity index (χ3n) is 4.13. The molecule has 0 radical (unpaired) electrons. The van der Waals surface area contributed by atoms with E-state index in [-0.39, 0.29) is 17.9 Å². The van der Waals surface area contributed by atoms with Crippen molar-refractivity contribution in [3.05, 3.63) is 0 Å². The van der Waals surface area contributed by atoms with Gasteiger partial charge in [0.2, 0.25) is 11.8 Å². The van der Waals surface area contributed by atoms with Gasteiger partial charge in [-0.05, 0) is 44.7 Å². The molecule has 1 aliphatic carbocycles. The van der Waals surface area contributed by atoms with Crippen LogP contribution in [0.15, 0.2) is 0 Å². The molecule has 3 fully saturated rings. The second-order valence-corrected chi connectivity index (χ2v) is 5.76. The fourth-order valence-corrected chi connectivity index (χ4v) is 2.72. The van der Waals surface area contributed by atoms with Gasteiger partial charge >= 0.3 is 0 Å². The highest BCUT2D eigenvalue weighted by Gasteiger charge is 2.37. The second-order valence-electron chi connectivity index (χ2n) is 5.76. The number of hydrogen-bond donors (Lipinski definition) is 2. The van der Waals surface area contributed by atoms with Crippen LogP contribution in [0.2, 0.25) is 0 Å². The van der Waals surface area contributed by atoms with Gasteiger partial charge in [0.05, 0.1) is 0 Å². The van der Waals surface area contributed by atoms with Gasteiger partial charge < -0.3 is 15.5 Å². The third-order valence-corrected chi connectivity index (χ3v) is 4.13. The largest absolute Gasteiger partial charge is 0.352 e. The van der Waals surface area contributed by atoms with Gasteiger partial charge in [-0.3, -0.25) is 9.59 Å². The Labute approximate surface area is 107 Å². The zero-order chi connectivity index (χ0) is 12.5. The van der Waals surface area contributed by atoms with Crippen molar-refractivity contribution in [1.29, 1.82) is 0 Å². The van der Waals surface area contributed by atoms with Gasteiger partial charge in [-0.15, -0.1) is 0 Å². The van der Waals surface area contributed by atoms with Crippen molar-refractivity contribution in [2.45, 2.75) is 44.2 Å². The Morgan fingerprint density at radius 2 is 2.00 bits per heavy atom. The summed E-state index contributed by atoms with van der Waals surface area (Å²) in [6.45, 7) is 2.64. The first-order valence-corrected chi connectivity index (χ1v) is 7.04. The van der Waals surface area contributed by atoms with Crippen molar-refractivity contribution in [3.8, 4) is 0 Å². The normalized spacial score (nSPS) is 28.0. The summed E-state index contributed by atoms with van der Waals surface area (Å²) in [4.78, 5) is 26.0. The maximum Gasteiger partial charge on any atom is 0.243 e. The summed E-state index contributed by atoms with van der Waals surface area (Å²) >= 11 is 0. The van der Waals surface area contributed by atoms with Crippen LogP contribution in [0.25, 0.3) is 0 Å². The molecule has 18 heavy (non-hydrogen) atoms. The molecule has 1 unspecified atom stereocenters. The molecule has 2 saturated heterocycles. The van der Waals surface area contributed by atoms with Crippen LogP contribution in [0.5, 0.6) is 0 Å². The topological polar surface area (TPSA) is 61.4 Å². The van der Waals surface area contributed by atoms with Crippen molar-refractivity contribution in [2.24, 2.45) is 5.92 Å². The maximum atomic E-state index is 12.2. The summed E-state index contributed by atoms with van der Waals surface area (Å²) < 4.78 is 0. The predicted octanol–water partition coefficient (Wildman–Crippen LogP) is -0.134. The molecule has 2 amide bonds. The highest BCUT2D eigenvalue weighted by atomic mass is 16.2. The lowest BCUT2D eigenvalue weighted by Crippen LogP contribution is -2.49. The van der Waals surface area contributed by atoms with Gasteiger partial charge in [0, 0.05) is 19.0 Å². The van der Waals surface area contributed by atoms with Gasteiger partial charge in [0.1, 0.15) is 6.04 Å². The van der Waals surface area contributed by atoms with Gasteiger partial charge in [0.15, 0.2) is 0 Å². The molecule has 0 aromatic heterocycles. The smallest absolute Gasteiger partial charge is 0.243 e. The summed E-state index contributed by atoms with van der Waals surface area (Å²) in [6.07, 6.45) is 4.57. The van der Waals surface area contributed by atoms with Crippen LogP contribution >= 0.6 is 0 Å². The Bertz CT molecular complexity index is 350. The van der Waals surface area contributed by atoms with E-state index in [2.05, 4.69) is 10.6 Å².